The maximum atomic E-state index is 9.30. The fraction of sp³-hybridized carbons (Fsp3) is 1.00. The fourth-order valence-electron chi connectivity index (χ4n) is 1.41. The van der Waals surface area contributed by atoms with Crippen molar-refractivity contribution in [2.75, 3.05) is 12.3 Å². The average molecular weight is 233 g/mol. The van der Waals surface area contributed by atoms with Crippen LogP contribution in [-0.2, 0) is 0 Å². The number of aliphatic hydroxyl groups excluding tert-OH is 1. The van der Waals surface area contributed by atoms with Crippen molar-refractivity contribution in [3.8, 4) is 0 Å². The standard InChI is InChI=1S/C12H27NOS/c1-5-13-10(2)8-6-7-9-15-12(4)11(3)14/h10-14H,5-9H2,1-4H3. The summed E-state index contributed by atoms with van der Waals surface area (Å²) in [5.41, 5.74) is 0. The van der Waals surface area contributed by atoms with Crippen LogP contribution in [0.3, 0.4) is 0 Å². The van der Waals surface area contributed by atoms with Gasteiger partial charge >= 0.3 is 0 Å². The highest BCUT2D eigenvalue weighted by Crippen LogP contribution is 2.16. The molecule has 0 aromatic carbocycles. The molecule has 0 aliphatic carbocycles. The average Bonchev–Trinajstić information content (AvgIpc) is 2.17. The zero-order valence-electron chi connectivity index (χ0n) is 10.6. The molecule has 0 aromatic rings. The molecule has 3 atom stereocenters. The van der Waals surface area contributed by atoms with Crippen LogP contribution in [0.5, 0.6) is 0 Å². The SMILES string of the molecule is CCNC(C)CCCCSC(C)C(C)O. The molecule has 0 saturated heterocycles. The van der Waals surface area contributed by atoms with Crippen molar-refractivity contribution in [2.45, 2.75) is 64.4 Å². The van der Waals surface area contributed by atoms with E-state index in [2.05, 4.69) is 26.1 Å². The molecule has 0 fully saturated rings. The molecular formula is C12H27NOS. The van der Waals surface area contributed by atoms with Gasteiger partial charge in [0.15, 0.2) is 0 Å². The van der Waals surface area contributed by atoms with Crippen molar-refractivity contribution >= 4 is 11.8 Å². The normalized spacial score (nSPS) is 17.4. The van der Waals surface area contributed by atoms with E-state index >= 15 is 0 Å². The van der Waals surface area contributed by atoms with Gasteiger partial charge in [-0.2, -0.15) is 11.8 Å². The van der Waals surface area contributed by atoms with Crippen molar-refractivity contribution in [3.05, 3.63) is 0 Å². The summed E-state index contributed by atoms with van der Waals surface area (Å²) in [7, 11) is 0. The number of hydrogen-bond donors (Lipinski definition) is 2. The van der Waals surface area contributed by atoms with Crippen LogP contribution in [-0.4, -0.2) is 34.8 Å². The third-order valence-corrected chi connectivity index (χ3v) is 4.09. The Labute approximate surface area is 99.2 Å². The van der Waals surface area contributed by atoms with Gasteiger partial charge in [-0.25, -0.2) is 0 Å². The van der Waals surface area contributed by atoms with Gasteiger partial charge in [-0.3, -0.25) is 0 Å². The van der Waals surface area contributed by atoms with E-state index in [4.69, 9.17) is 0 Å². The van der Waals surface area contributed by atoms with Gasteiger partial charge in [0.2, 0.25) is 0 Å². The Hall–Kier alpha value is 0.270. The number of rotatable bonds is 9. The van der Waals surface area contributed by atoms with E-state index in [1.807, 2.05) is 18.7 Å². The maximum Gasteiger partial charge on any atom is 0.0627 e. The van der Waals surface area contributed by atoms with Crippen molar-refractivity contribution < 1.29 is 5.11 Å². The number of hydrogen-bond acceptors (Lipinski definition) is 3. The summed E-state index contributed by atoms with van der Waals surface area (Å²) in [6, 6.07) is 0.647. The van der Waals surface area contributed by atoms with E-state index < -0.39 is 0 Å². The molecule has 0 aromatic heterocycles. The monoisotopic (exact) mass is 233 g/mol. The summed E-state index contributed by atoms with van der Waals surface area (Å²) >= 11 is 1.88. The number of thioether (sulfide) groups is 1. The second kappa shape index (κ2) is 9.49. The predicted octanol–water partition coefficient (Wildman–Crippen LogP) is 2.66. The molecular weight excluding hydrogens is 206 g/mol. The van der Waals surface area contributed by atoms with Gasteiger partial charge in [-0.15, -0.1) is 0 Å². The lowest BCUT2D eigenvalue weighted by atomic mass is 10.1. The number of unbranched alkanes of at least 4 members (excludes halogenated alkanes) is 1. The Balaban J connectivity index is 3.24. The van der Waals surface area contributed by atoms with Gasteiger partial charge in [0.25, 0.3) is 0 Å². The zero-order chi connectivity index (χ0) is 11.7. The first kappa shape index (κ1) is 15.3. The van der Waals surface area contributed by atoms with E-state index in [9.17, 15) is 5.11 Å². The van der Waals surface area contributed by atoms with Crippen LogP contribution in [0, 0.1) is 0 Å². The molecule has 0 spiro atoms. The predicted molar refractivity (Wildman–Crippen MR) is 70.6 cm³/mol. The van der Waals surface area contributed by atoms with Crippen molar-refractivity contribution in [3.63, 3.8) is 0 Å². The molecule has 0 aliphatic rings. The molecule has 0 heterocycles. The Morgan fingerprint density at radius 3 is 2.40 bits per heavy atom. The molecule has 0 amide bonds. The molecule has 0 rings (SSSR count). The Morgan fingerprint density at radius 2 is 1.87 bits per heavy atom. The van der Waals surface area contributed by atoms with Crippen LogP contribution < -0.4 is 5.32 Å². The van der Waals surface area contributed by atoms with Gasteiger partial charge in [0, 0.05) is 11.3 Å². The summed E-state index contributed by atoms with van der Waals surface area (Å²) in [6.07, 6.45) is 3.62. The maximum absolute atomic E-state index is 9.30. The third-order valence-electron chi connectivity index (χ3n) is 2.64. The van der Waals surface area contributed by atoms with Gasteiger partial charge in [0.1, 0.15) is 0 Å². The minimum Gasteiger partial charge on any atom is -0.392 e. The molecule has 0 aliphatic heterocycles. The lowest BCUT2D eigenvalue weighted by molar-refractivity contribution is 0.196. The molecule has 92 valence electrons. The third kappa shape index (κ3) is 9.21. The van der Waals surface area contributed by atoms with Gasteiger partial charge in [-0.05, 0) is 39.0 Å². The van der Waals surface area contributed by atoms with E-state index in [0.717, 1.165) is 6.54 Å². The van der Waals surface area contributed by atoms with Crippen LogP contribution in [0.4, 0.5) is 0 Å². The second-order valence-corrected chi connectivity index (χ2v) is 5.76. The number of aliphatic hydroxyl groups is 1. The van der Waals surface area contributed by atoms with Crippen molar-refractivity contribution in [2.24, 2.45) is 0 Å². The van der Waals surface area contributed by atoms with Crippen LogP contribution in [0.25, 0.3) is 0 Å². The summed E-state index contributed by atoms with van der Waals surface area (Å²) in [4.78, 5) is 0. The largest absolute Gasteiger partial charge is 0.392 e. The molecule has 3 heteroatoms. The van der Waals surface area contributed by atoms with E-state index in [1.165, 1.54) is 25.0 Å². The molecule has 2 nitrogen and oxygen atoms in total. The summed E-state index contributed by atoms with van der Waals surface area (Å²) < 4.78 is 0. The van der Waals surface area contributed by atoms with E-state index in [-0.39, 0.29) is 6.10 Å². The fourth-order valence-corrected chi connectivity index (χ4v) is 2.43. The van der Waals surface area contributed by atoms with Crippen LogP contribution in [0.1, 0.15) is 47.0 Å². The van der Waals surface area contributed by atoms with Crippen LogP contribution in [0.2, 0.25) is 0 Å². The Morgan fingerprint density at radius 1 is 1.20 bits per heavy atom. The minimum absolute atomic E-state index is 0.185. The summed E-state index contributed by atoms with van der Waals surface area (Å²) in [5.74, 6) is 1.17. The lowest BCUT2D eigenvalue weighted by Gasteiger charge is -2.14. The molecule has 0 radical (unpaired) electrons. The quantitative estimate of drug-likeness (QED) is 0.601. The minimum atomic E-state index is -0.185. The molecule has 15 heavy (non-hydrogen) atoms. The second-order valence-electron chi connectivity index (χ2n) is 4.27. The van der Waals surface area contributed by atoms with Gasteiger partial charge in [0.05, 0.1) is 6.10 Å². The first-order valence-electron chi connectivity index (χ1n) is 6.11. The first-order chi connectivity index (χ1) is 7.07. The molecule has 3 unspecified atom stereocenters. The smallest absolute Gasteiger partial charge is 0.0627 e. The van der Waals surface area contributed by atoms with Crippen LogP contribution in [0.15, 0.2) is 0 Å². The topological polar surface area (TPSA) is 32.3 Å². The number of nitrogens with one attached hydrogen (secondary N) is 1. The molecule has 2 N–H and O–H groups in total. The summed E-state index contributed by atoms with van der Waals surface area (Å²) in [5, 5.41) is 13.1. The first-order valence-corrected chi connectivity index (χ1v) is 7.15. The van der Waals surface area contributed by atoms with Crippen LogP contribution >= 0.6 is 11.8 Å². The van der Waals surface area contributed by atoms with Crippen molar-refractivity contribution in [1.82, 2.24) is 5.32 Å². The van der Waals surface area contributed by atoms with E-state index in [0.29, 0.717) is 11.3 Å². The zero-order valence-corrected chi connectivity index (χ0v) is 11.4. The molecule has 0 saturated carbocycles. The molecule has 0 bridgehead atoms. The van der Waals surface area contributed by atoms with Crippen molar-refractivity contribution in [1.29, 1.82) is 0 Å². The van der Waals surface area contributed by atoms with Gasteiger partial charge < -0.3 is 10.4 Å². The highest BCUT2D eigenvalue weighted by atomic mass is 32.2. The van der Waals surface area contributed by atoms with Gasteiger partial charge in [-0.1, -0.05) is 20.3 Å². The van der Waals surface area contributed by atoms with E-state index in [1.54, 1.807) is 0 Å². The highest BCUT2D eigenvalue weighted by Gasteiger charge is 2.08. The Kier molecular flexibility index (Phi) is 9.66. The Bertz CT molecular complexity index is 142. The summed E-state index contributed by atoms with van der Waals surface area (Å²) in [6.45, 7) is 9.42. The lowest BCUT2D eigenvalue weighted by Crippen LogP contribution is -2.25. The highest BCUT2D eigenvalue weighted by molar-refractivity contribution is 7.99.